The van der Waals surface area contributed by atoms with Crippen LogP contribution in [-0.2, 0) is 10.0 Å². The number of nitrogens with zero attached hydrogens (tertiary/aromatic N) is 2. The Morgan fingerprint density at radius 1 is 1.11 bits per heavy atom. The number of nitrogens with two attached hydrogens (primary N) is 1. The summed E-state index contributed by atoms with van der Waals surface area (Å²) in [6, 6.07) is 10.9. The molecule has 0 fully saturated rings. The second-order valence-corrected chi connectivity index (χ2v) is 7.86. The van der Waals surface area contributed by atoms with Gasteiger partial charge in [-0.1, -0.05) is 42.5 Å². The van der Waals surface area contributed by atoms with Crippen LogP contribution in [0.15, 0.2) is 59.7 Å². The molecule has 140 valence electrons. The lowest BCUT2D eigenvalue weighted by Crippen LogP contribution is -2.27. The summed E-state index contributed by atoms with van der Waals surface area (Å²) in [5.74, 6) is -1.81. The van der Waals surface area contributed by atoms with Crippen LogP contribution in [0.2, 0.25) is 0 Å². The normalized spacial score (nSPS) is 18.6. The van der Waals surface area contributed by atoms with Gasteiger partial charge in [-0.05, 0) is 17.9 Å². The van der Waals surface area contributed by atoms with E-state index in [1.165, 1.54) is 10.9 Å². The van der Waals surface area contributed by atoms with E-state index in [4.69, 9.17) is 5.14 Å². The molecule has 5 nitrogen and oxygen atoms in total. The molecular formula is C18H14F3N3O2S. The molecule has 0 radical (unpaired) electrons. The van der Waals surface area contributed by atoms with Gasteiger partial charge in [0.2, 0.25) is 10.0 Å². The van der Waals surface area contributed by atoms with Crippen molar-refractivity contribution in [2.24, 2.45) is 11.1 Å². The molecule has 1 unspecified atom stereocenters. The van der Waals surface area contributed by atoms with Crippen molar-refractivity contribution in [1.29, 1.82) is 0 Å². The van der Waals surface area contributed by atoms with Crippen LogP contribution < -0.4 is 5.14 Å². The van der Waals surface area contributed by atoms with Crippen LogP contribution >= 0.6 is 0 Å². The van der Waals surface area contributed by atoms with Crippen LogP contribution in [0.1, 0.15) is 6.42 Å². The van der Waals surface area contributed by atoms with Gasteiger partial charge < -0.3 is 0 Å². The Bertz CT molecular complexity index is 1220. The fourth-order valence-corrected chi connectivity index (χ4v) is 4.09. The fourth-order valence-electron chi connectivity index (χ4n) is 3.32. The third-order valence-electron chi connectivity index (χ3n) is 4.58. The van der Waals surface area contributed by atoms with Gasteiger partial charge in [0.15, 0.2) is 0 Å². The number of primary sulfonamides is 1. The number of hydrogen-bond acceptors (Lipinski definition) is 3. The smallest absolute Gasteiger partial charge is 0.231 e. The van der Waals surface area contributed by atoms with Gasteiger partial charge in [0.05, 0.1) is 23.3 Å². The molecule has 2 aromatic carbocycles. The van der Waals surface area contributed by atoms with Crippen LogP contribution in [-0.4, -0.2) is 24.4 Å². The third kappa shape index (κ3) is 3.02. The first kappa shape index (κ1) is 17.7. The molecule has 2 N–H and O–H groups in total. The predicted octanol–water partition coefficient (Wildman–Crippen LogP) is 3.79. The average Bonchev–Trinajstić information content (AvgIpc) is 3.04. The Morgan fingerprint density at radius 3 is 2.52 bits per heavy atom. The van der Waals surface area contributed by atoms with Crippen LogP contribution in [0.3, 0.4) is 0 Å². The van der Waals surface area contributed by atoms with E-state index in [9.17, 15) is 21.6 Å². The van der Waals surface area contributed by atoms with Gasteiger partial charge in [-0.2, -0.15) is 18.3 Å². The molecule has 9 heteroatoms. The number of hydrogen-bond donors (Lipinski definition) is 1. The van der Waals surface area contributed by atoms with Crippen molar-refractivity contribution in [2.45, 2.75) is 12.6 Å². The highest BCUT2D eigenvalue weighted by Gasteiger charge is 2.41. The second-order valence-electron chi connectivity index (χ2n) is 6.33. The summed E-state index contributed by atoms with van der Waals surface area (Å²) in [7, 11) is -4.23. The Kier molecular flexibility index (Phi) is 3.90. The Morgan fingerprint density at radius 2 is 1.81 bits per heavy atom. The van der Waals surface area contributed by atoms with E-state index in [0.29, 0.717) is 10.9 Å². The van der Waals surface area contributed by atoms with Crippen LogP contribution in [0.25, 0.3) is 27.4 Å². The highest BCUT2D eigenvalue weighted by Crippen LogP contribution is 2.39. The highest BCUT2D eigenvalue weighted by atomic mass is 32.2. The topological polar surface area (TPSA) is 78.0 Å². The maximum atomic E-state index is 13.3. The largest absolute Gasteiger partial charge is 0.395 e. The minimum Gasteiger partial charge on any atom is -0.231 e. The Balaban J connectivity index is 2.03. The second kappa shape index (κ2) is 5.93. The lowest BCUT2D eigenvalue weighted by atomic mass is 9.98. The number of rotatable bonds is 2. The van der Waals surface area contributed by atoms with Gasteiger partial charge in [0.25, 0.3) is 0 Å². The van der Waals surface area contributed by atoms with E-state index in [1.807, 2.05) is 18.2 Å². The average molecular weight is 393 g/mol. The van der Waals surface area contributed by atoms with Crippen molar-refractivity contribution >= 4 is 37.4 Å². The van der Waals surface area contributed by atoms with E-state index in [-0.39, 0.29) is 10.6 Å². The van der Waals surface area contributed by atoms with Crippen LogP contribution in [0, 0.1) is 5.92 Å². The summed E-state index contributed by atoms with van der Waals surface area (Å²) in [4.78, 5) is -0.360. The summed E-state index contributed by atoms with van der Waals surface area (Å²) < 4.78 is 65.0. The molecule has 0 saturated carbocycles. The van der Waals surface area contributed by atoms with E-state index in [1.54, 1.807) is 18.2 Å². The number of sulfonamides is 1. The summed E-state index contributed by atoms with van der Waals surface area (Å²) >= 11 is 0. The molecular weight excluding hydrogens is 379 g/mol. The minimum atomic E-state index is -4.50. The van der Waals surface area contributed by atoms with Crippen LogP contribution in [0.4, 0.5) is 13.2 Å². The zero-order valence-electron chi connectivity index (χ0n) is 13.8. The Hall–Kier alpha value is -2.65. The number of halogens is 3. The number of benzene rings is 2. The molecule has 1 atom stereocenters. The van der Waals surface area contributed by atoms with Crippen molar-refractivity contribution in [3.8, 4) is 0 Å². The van der Waals surface area contributed by atoms with Crippen molar-refractivity contribution in [3.05, 3.63) is 59.7 Å². The summed E-state index contributed by atoms with van der Waals surface area (Å²) in [6.07, 6.45) is -1.61. The Labute approximate surface area is 152 Å². The zero-order valence-corrected chi connectivity index (χ0v) is 14.6. The van der Waals surface area contributed by atoms with Crippen molar-refractivity contribution in [1.82, 2.24) is 9.78 Å². The monoisotopic (exact) mass is 393 g/mol. The molecule has 0 saturated heterocycles. The molecule has 0 amide bonds. The zero-order chi connectivity index (χ0) is 19.4. The molecule has 3 aromatic rings. The summed E-state index contributed by atoms with van der Waals surface area (Å²) in [5, 5.41) is 11.7. The van der Waals surface area contributed by atoms with Crippen LogP contribution in [0.5, 0.6) is 0 Å². The first-order valence-corrected chi connectivity index (χ1v) is 9.58. The minimum absolute atomic E-state index is 0.183. The van der Waals surface area contributed by atoms with E-state index in [0.717, 1.165) is 22.9 Å². The predicted molar refractivity (Wildman–Crippen MR) is 96.9 cm³/mol. The molecule has 1 aliphatic rings. The first-order valence-electron chi connectivity index (χ1n) is 8.04. The summed E-state index contributed by atoms with van der Waals surface area (Å²) in [6.45, 7) is 0. The number of allylic oxidation sites excluding steroid dienone is 3. The standard InChI is InChI=1S/C18H14F3N3O2S/c19-18(20,21)13-7-8-16(27(22,25)26)15(9-13)24-17-12(10-23-24)6-5-11-3-1-2-4-14(11)17/h1-6,8-10,13H,7H2,(H2,22,25,26). The van der Waals surface area contributed by atoms with E-state index in [2.05, 4.69) is 5.10 Å². The molecule has 1 heterocycles. The van der Waals surface area contributed by atoms with Gasteiger partial charge in [0, 0.05) is 10.8 Å². The summed E-state index contributed by atoms with van der Waals surface area (Å²) in [5.41, 5.74) is 0.342. The van der Waals surface area contributed by atoms with Crippen molar-refractivity contribution in [2.75, 3.05) is 0 Å². The molecule has 0 aliphatic heterocycles. The third-order valence-corrected chi connectivity index (χ3v) is 5.57. The SMILES string of the molecule is NS(=O)(=O)C1=CCC(C(F)(F)F)C=C1n1ncc2ccc3ccccc3c21. The fraction of sp³-hybridized carbons (Fsp3) is 0.167. The van der Waals surface area contributed by atoms with Crippen molar-refractivity contribution in [3.63, 3.8) is 0 Å². The van der Waals surface area contributed by atoms with Crippen molar-refractivity contribution < 1.29 is 21.6 Å². The van der Waals surface area contributed by atoms with Gasteiger partial charge in [0.1, 0.15) is 4.91 Å². The van der Waals surface area contributed by atoms with Gasteiger partial charge >= 0.3 is 6.18 Å². The van der Waals surface area contributed by atoms with Gasteiger partial charge in [-0.25, -0.2) is 18.2 Å². The molecule has 1 aliphatic carbocycles. The maximum absolute atomic E-state index is 13.3. The number of fused-ring (bicyclic) bond motifs is 3. The molecule has 0 bridgehead atoms. The molecule has 0 spiro atoms. The maximum Gasteiger partial charge on any atom is 0.395 e. The quantitative estimate of drug-likeness (QED) is 0.720. The van der Waals surface area contributed by atoms with E-state index < -0.39 is 28.5 Å². The van der Waals surface area contributed by atoms with Gasteiger partial charge in [-0.3, -0.25) is 0 Å². The number of alkyl halides is 3. The molecule has 27 heavy (non-hydrogen) atoms. The molecule has 4 rings (SSSR count). The molecule has 1 aromatic heterocycles. The lowest BCUT2D eigenvalue weighted by Gasteiger charge is -2.23. The van der Waals surface area contributed by atoms with E-state index >= 15 is 0 Å². The lowest BCUT2D eigenvalue weighted by molar-refractivity contribution is -0.160. The number of aromatic nitrogens is 2. The highest BCUT2D eigenvalue weighted by molar-refractivity contribution is 7.93. The first-order chi connectivity index (χ1) is 12.7. The van der Waals surface area contributed by atoms with Gasteiger partial charge in [-0.15, -0.1) is 0 Å².